The van der Waals surface area contributed by atoms with Crippen LogP contribution in [0.15, 0.2) is 59.5 Å². The molecule has 2 aliphatic rings. The molecule has 3 unspecified atom stereocenters. The van der Waals surface area contributed by atoms with Crippen LogP contribution in [0, 0.1) is 11.8 Å². The van der Waals surface area contributed by atoms with E-state index in [1.807, 2.05) is 18.2 Å². The molecular formula is C36H43ClN4O5S. The van der Waals surface area contributed by atoms with E-state index in [4.69, 9.17) is 16.3 Å². The third-order valence-corrected chi connectivity index (χ3v) is 12.6. The Morgan fingerprint density at radius 1 is 1.02 bits per heavy atom. The lowest BCUT2D eigenvalue weighted by atomic mass is 9.72. The molecule has 1 N–H and O–H groups in total. The molecule has 3 atom stereocenters. The maximum absolute atomic E-state index is 13.7. The zero-order valence-corrected chi connectivity index (χ0v) is 28.8. The van der Waals surface area contributed by atoms with Gasteiger partial charge in [0.05, 0.1) is 18.4 Å². The van der Waals surface area contributed by atoms with E-state index in [1.165, 1.54) is 54.8 Å². The molecule has 1 aromatic heterocycles. The van der Waals surface area contributed by atoms with E-state index in [-0.39, 0.29) is 17.9 Å². The molecule has 6 rings (SSSR count). The minimum absolute atomic E-state index is 0.0226. The fraction of sp³-hybridized carbons (Fsp3) is 0.472. The minimum Gasteiger partial charge on any atom is -0.494 e. The fourth-order valence-electron chi connectivity index (χ4n) is 7.87. The van der Waals surface area contributed by atoms with E-state index < -0.39 is 21.9 Å². The van der Waals surface area contributed by atoms with Gasteiger partial charge in [-0.2, -0.15) is 4.31 Å². The average molecular weight is 679 g/mol. The number of hydrogen-bond acceptors (Lipinski definition) is 6. The second-order valence-electron chi connectivity index (χ2n) is 13.3. The molecule has 2 aliphatic carbocycles. The van der Waals surface area contributed by atoms with Crippen LogP contribution in [0.1, 0.15) is 91.9 Å². The van der Waals surface area contributed by atoms with Crippen LogP contribution in [-0.2, 0) is 28.4 Å². The number of carbonyl (C=O) groups is 1. The van der Waals surface area contributed by atoms with Gasteiger partial charge < -0.3 is 9.84 Å². The highest BCUT2D eigenvalue weighted by Gasteiger charge is 2.31. The summed E-state index contributed by atoms with van der Waals surface area (Å²) in [6.07, 6.45) is 10.2. The van der Waals surface area contributed by atoms with Crippen molar-refractivity contribution in [1.82, 2.24) is 19.3 Å². The first-order chi connectivity index (χ1) is 22.5. The molecule has 1 heterocycles. The van der Waals surface area contributed by atoms with Crippen LogP contribution in [-0.4, -0.2) is 53.0 Å². The second kappa shape index (κ2) is 13.9. The number of halogens is 1. The second-order valence-corrected chi connectivity index (χ2v) is 15.8. The molecule has 11 heteroatoms. The van der Waals surface area contributed by atoms with E-state index in [0.717, 1.165) is 18.3 Å². The van der Waals surface area contributed by atoms with Gasteiger partial charge in [-0.1, -0.05) is 79.6 Å². The molecule has 0 bridgehead atoms. The number of sulfonamides is 1. The molecule has 0 spiro atoms. The molecule has 250 valence electrons. The Morgan fingerprint density at radius 2 is 1.74 bits per heavy atom. The maximum atomic E-state index is 13.7. The lowest BCUT2D eigenvalue weighted by Gasteiger charge is -2.33. The van der Waals surface area contributed by atoms with Crippen molar-refractivity contribution in [3.05, 3.63) is 81.9 Å². The number of aromatic nitrogens is 3. The van der Waals surface area contributed by atoms with Gasteiger partial charge in [0, 0.05) is 31.6 Å². The van der Waals surface area contributed by atoms with Gasteiger partial charge in [0.15, 0.2) is 0 Å². The lowest BCUT2D eigenvalue weighted by molar-refractivity contribution is -0.137. The third-order valence-electron chi connectivity index (χ3n) is 10.4. The van der Waals surface area contributed by atoms with Crippen LogP contribution in [0.4, 0.5) is 0 Å². The van der Waals surface area contributed by atoms with E-state index in [0.29, 0.717) is 44.4 Å². The van der Waals surface area contributed by atoms with Gasteiger partial charge >= 0.3 is 5.97 Å². The average Bonchev–Trinajstić information content (AvgIpc) is 3.75. The maximum Gasteiger partial charge on any atom is 0.304 e. The number of aryl methyl sites for hydroxylation is 1. The Hall–Kier alpha value is -3.47. The topological polar surface area (TPSA) is 115 Å². The summed E-state index contributed by atoms with van der Waals surface area (Å²) in [7, 11) is 1.04. The van der Waals surface area contributed by atoms with Crippen LogP contribution in [0.3, 0.4) is 0 Å². The number of fused-ring (bicyclic) bond motifs is 1. The van der Waals surface area contributed by atoms with Gasteiger partial charge in [-0.15, -0.1) is 5.10 Å². The minimum atomic E-state index is -3.81. The first-order valence-electron chi connectivity index (χ1n) is 16.5. The zero-order chi connectivity index (χ0) is 33.3. The Labute approximate surface area is 281 Å². The highest BCUT2D eigenvalue weighted by atomic mass is 35.5. The Bertz CT molecular complexity index is 1850. The molecule has 3 aromatic carbocycles. The SMILES string of the molecule is COc1cc(C(CC(=O)O)c2ccc(Cl)c(CN(C)S(=O)(=O)c3ccc(C4CCCC(C5CCCC5)C4)cc3)c2)cc2nnn(C)c12. The normalized spacial score (nSPS) is 19.8. The molecule has 47 heavy (non-hydrogen) atoms. The Kier molecular flexibility index (Phi) is 9.92. The lowest BCUT2D eigenvalue weighted by Crippen LogP contribution is -2.27. The summed E-state index contributed by atoms with van der Waals surface area (Å²) in [4.78, 5) is 12.3. The van der Waals surface area contributed by atoms with Crippen LogP contribution in [0.25, 0.3) is 11.0 Å². The fourth-order valence-corrected chi connectivity index (χ4v) is 9.20. The van der Waals surface area contributed by atoms with E-state index in [9.17, 15) is 18.3 Å². The standard InChI is InChI=1S/C36H43ClN4O5S/c1-40(47(44,45)30-14-11-24(12-15-30)26-10-6-9-25(17-26)23-7-4-5-8-23)22-29-18-27(13-16-32(29)37)31(21-35(42)43)28-19-33-36(34(20-28)46-3)41(2)39-38-33/h11-16,18-20,23,25-26,31H,4-10,17,21-22H2,1-3H3,(H,42,43). The smallest absolute Gasteiger partial charge is 0.304 e. The van der Waals surface area contributed by atoms with Crippen molar-refractivity contribution in [2.45, 2.75) is 81.1 Å². The third kappa shape index (κ3) is 7.05. The number of carboxylic acid groups (broad SMARTS) is 1. The summed E-state index contributed by atoms with van der Waals surface area (Å²) < 4.78 is 35.9. The quantitative estimate of drug-likeness (QED) is 0.174. The van der Waals surface area contributed by atoms with Gasteiger partial charge in [0.2, 0.25) is 10.0 Å². The summed E-state index contributed by atoms with van der Waals surface area (Å²) >= 11 is 6.61. The number of carboxylic acids is 1. The molecule has 9 nitrogen and oxygen atoms in total. The molecule has 0 aliphatic heterocycles. The van der Waals surface area contributed by atoms with Crippen molar-refractivity contribution in [2.24, 2.45) is 18.9 Å². The number of hydrogen-bond donors (Lipinski definition) is 1. The number of methoxy groups -OCH3 is 1. The van der Waals surface area contributed by atoms with Gasteiger partial charge in [0.25, 0.3) is 0 Å². The first-order valence-corrected chi connectivity index (χ1v) is 18.3. The summed E-state index contributed by atoms with van der Waals surface area (Å²) in [5.74, 6) is 1.13. The van der Waals surface area contributed by atoms with Gasteiger partial charge in [-0.05, 0) is 83.2 Å². The molecule has 0 saturated heterocycles. The van der Waals surface area contributed by atoms with Gasteiger partial charge in [-0.3, -0.25) is 4.79 Å². The molecule has 2 saturated carbocycles. The van der Waals surface area contributed by atoms with E-state index >= 15 is 0 Å². The van der Waals surface area contributed by atoms with Gasteiger partial charge in [0.1, 0.15) is 16.8 Å². The van der Waals surface area contributed by atoms with Crippen molar-refractivity contribution in [3.63, 3.8) is 0 Å². The zero-order valence-electron chi connectivity index (χ0n) is 27.2. The number of nitrogens with zero attached hydrogens (tertiary/aromatic N) is 4. The van der Waals surface area contributed by atoms with Crippen molar-refractivity contribution in [2.75, 3.05) is 14.2 Å². The van der Waals surface area contributed by atoms with Crippen molar-refractivity contribution < 1.29 is 23.1 Å². The number of aliphatic carboxylic acids is 1. The number of rotatable bonds is 11. The molecule has 0 radical (unpaired) electrons. The predicted octanol–water partition coefficient (Wildman–Crippen LogP) is 7.52. The van der Waals surface area contributed by atoms with E-state index in [2.05, 4.69) is 10.3 Å². The largest absolute Gasteiger partial charge is 0.494 e. The summed E-state index contributed by atoms with van der Waals surface area (Å²) in [6, 6.07) is 16.3. The van der Waals surface area contributed by atoms with Crippen LogP contribution < -0.4 is 4.74 Å². The van der Waals surface area contributed by atoms with E-state index in [1.54, 1.807) is 62.3 Å². The molecular weight excluding hydrogens is 636 g/mol. The number of benzene rings is 3. The summed E-state index contributed by atoms with van der Waals surface area (Å²) in [5, 5.41) is 18.5. The highest BCUT2D eigenvalue weighted by Crippen LogP contribution is 2.44. The summed E-state index contributed by atoms with van der Waals surface area (Å²) in [6.45, 7) is 0.0226. The van der Waals surface area contributed by atoms with Crippen molar-refractivity contribution in [3.8, 4) is 5.75 Å². The Balaban J connectivity index is 1.22. The van der Waals surface area contributed by atoms with Gasteiger partial charge in [-0.25, -0.2) is 13.1 Å². The molecule has 2 fully saturated rings. The monoisotopic (exact) mass is 678 g/mol. The first kappa shape index (κ1) is 33.4. The number of ether oxygens (including phenoxy) is 1. The van der Waals surface area contributed by atoms with Crippen LogP contribution in [0.2, 0.25) is 5.02 Å². The highest BCUT2D eigenvalue weighted by molar-refractivity contribution is 7.89. The van der Waals surface area contributed by atoms with Crippen LogP contribution >= 0.6 is 11.6 Å². The van der Waals surface area contributed by atoms with Crippen molar-refractivity contribution in [1.29, 1.82) is 0 Å². The Morgan fingerprint density at radius 3 is 2.45 bits per heavy atom. The molecule has 0 amide bonds. The van der Waals surface area contributed by atoms with Crippen LogP contribution in [0.5, 0.6) is 5.75 Å². The predicted molar refractivity (Wildman–Crippen MR) is 182 cm³/mol. The summed E-state index contributed by atoms with van der Waals surface area (Å²) in [5.41, 5.74) is 4.48. The van der Waals surface area contributed by atoms with Crippen molar-refractivity contribution >= 4 is 38.6 Å². The molecule has 4 aromatic rings.